The molecule has 2 aromatic carbocycles. The van der Waals surface area contributed by atoms with E-state index in [1.165, 1.54) is 11.3 Å². The third kappa shape index (κ3) is 2.99. The first-order valence-electron chi connectivity index (χ1n) is 8.35. The van der Waals surface area contributed by atoms with E-state index < -0.39 is 0 Å². The van der Waals surface area contributed by atoms with Crippen molar-refractivity contribution in [3.8, 4) is 45.0 Å². The molecule has 0 atom stereocenters. The zero-order valence-electron chi connectivity index (χ0n) is 15.8. The Balaban J connectivity index is 1.82. The highest BCUT2D eigenvalue weighted by Gasteiger charge is 2.19. The van der Waals surface area contributed by atoms with Gasteiger partial charge in [-0.2, -0.15) is 9.61 Å². The molecule has 0 bridgehead atoms. The lowest BCUT2D eigenvalue weighted by molar-refractivity contribution is 0.349. The van der Waals surface area contributed by atoms with Gasteiger partial charge in [0, 0.05) is 11.6 Å². The summed E-state index contributed by atoms with van der Waals surface area (Å²) in [5.41, 5.74) is 1.68. The van der Waals surface area contributed by atoms with E-state index in [0.717, 1.165) is 21.9 Å². The molecule has 0 fully saturated rings. The van der Waals surface area contributed by atoms with Crippen LogP contribution in [0.25, 0.3) is 26.9 Å². The number of fused-ring (bicyclic) bond motifs is 1. The predicted molar refractivity (Wildman–Crippen MR) is 106 cm³/mol. The first-order valence-corrected chi connectivity index (χ1v) is 9.17. The largest absolute Gasteiger partial charge is 0.497 e. The van der Waals surface area contributed by atoms with E-state index in [1.807, 2.05) is 30.3 Å². The summed E-state index contributed by atoms with van der Waals surface area (Å²) in [5.74, 6) is 3.25. The molecular weight excluding hydrogens is 380 g/mol. The molecule has 28 heavy (non-hydrogen) atoms. The number of hydrogen-bond donors (Lipinski definition) is 0. The molecule has 2 heterocycles. The lowest BCUT2D eigenvalue weighted by Gasteiger charge is -2.12. The molecule has 0 unspecified atom stereocenters. The van der Waals surface area contributed by atoms with Crippen molar-refractivity contribution < 1.29 is 18.9 Å². The molecule has 0 aliphatic rings. The second-order valence-electron chi connectivity index (χ2n) is 5.76. The first kappa shape index (κ1) is 18.1. The summed E-state index contributed by atoms with van der Waals surface area (Å²) in [6.45, 7) is 0. The highest BCUT2D eigenvalue weighted by molar-refractivity contribution is 7.19. The quantitative estimate of drug-likeness (QED) is 0.491. The zero-order chi connectivity index (χ0) is 19.7. The molecule has 4 rings (SSSR count). The van der Waals surface area contributed by atoms with Gasteiger partial charge in [0.2, 0.25) is 4.96 Å². The van der Waals surface area contributed by atoms with E-state index in [2.05, 4.69) is 10.2 Å². The Kier molecular flexibility index (Phi) is 4.74. The normalized spacial score (nSPS) is 10.9. The van der Waals surface area contributed by atoms with Crippen LogP contribution < -0.4 is 18.9 Å². The van der Waals surface area contributed by atoms with Crippen LogP contribution in [-0.4, -0.2) is 48.3 Å². The summed E-state index contributed by atoms with van der Waals surface area (Å²) in [7, 11) is 6.41. The molecule has 9 heteroatoms. The summed E-state index contributed by atoms with van der Waals surface area (Å²) in [6.07, 6.45) is 0. The van der Waals surface area contributed by atoms with Gasteiger partial charge in [-0.1, -0.05) is 11.3 Å². The minimum atomic E-state index is 0.588. The second kappa shape index (κ2) is 7.35. The molecule has 0 N–H and O–H groups in total. The van der Waals surface area contributed by atoms with Crippen LogP contribution in [-0.2, 0) is 0 Å². The molecule has 4 aromatic rings. The van der Waals surface area contributed by atoms with Crippen LogP contribution in [0.5, 0.6) is 23.0 Å². The number of benzene rings is 2. The van der Waals surface area contributed by atoms with Crippen LogP contribution in [0.3, 0.4) is 0 Å². The van der Waals surface area contributed by atoms with E-state index in [9.17, 15) is 0 Å². The second-order valence-corrected chi connectivity index (χ2v) is 6.72. The standard InChI is InChI=1S/C19H18N4O4S/c1-24-12-7-5-11(6-8-12)17-20-21-19-23(17)22-18(28-19)13-9-15(26-3)16(27-4)10-14(13)25-2/h5-10H,1-4H3. The van der Waals surface area contributed by atoms with E-state index in [-0.39, 0.29) is 0 Å². The average Bonchev–Trinajstić information content (AvgIpc) is 3.33. The SMILES string of the molecule is COc1ccc(-c2nnc3sc(-c4cc(OC)c(OC)cc4OC)nn23)cc1. The maximum Gasteiger partial charge on any atom is 0.235 e. The van der Waals surface area contributed by atoms with Crippen LogP contribution in [0.15, 0.2) is 36.4 Å². The Morgan fingerprint density at radius 2 is 1.46 bits per heavy atom. The number of ether oxygens (including phenoxy) is 4. The Bertz CT molecular complexity index is 1120. The Morgan fingerprint density at radius 1 is 0.786 bits per heavy atom. The van der Waals surface area contributed by atoms with E-state index >= 15 is 0 Å². The molecule has 0 saturated carbocycles. The van der Waals surface area contributed by atoms with Crippen LogP contribution in [0.1, 0.15) is 0 Å². The number of aromatic nitrogens is 4. The van der Waals surface area contributed by atoms with Gasteiger partial charge >= 0.3 is 0 Å². The topological polar surface area (TPSA) is 80.0 Å². The lowest BCUT2D eigenvalue weighted by Crippen LogP contribution is -1.96. The van der Waals surface area contributed by atoms with Gasteiger partial charge in [-0.25, -0.2) is 0 Å². The molecule has 2 aromatic heterocycles. The van der Waals surface area contributed by atoms with Crippen molar-refractivity contribution in [2.75, 3.05) is 28.4 Å². The third-order valence-corrected chi connectivity index (χ3v) is 5.21. The molecule has 0 radical (unpaired) electrons. The van der Waals surface area contributed by atoms with Gasteiger partial charge < -0.3 is 18.9 Å². The molecule has 0 spiro atoms. The van der Waals surface area contributed by atoms with E-state index in [4.69, 9.17) is 24.0 Å². The minimum absolute atomic E-state index is 0.588. The number of hydrogen-bond acceptors (Lipinski definition) is 8. The molecule has 0 saturated heterocycles. The number of nitrogens with zero attached hydrogens (tertiary/aromatic N) is 4. The zero-order valence-corrected chi connectivity index (χ0v) is 16.6. The first-order chi connectivity index (χ1) is 13.7. The smallest absolute Gasteiger partial charge is 0.235 e. The maximum atomic E-state index is 5.53. The van der Waals surface area contributed by atoms with Gasteiger partial charge in [0.15, 0.2) is 22.3 Å². The van der Waals surface area contributed by atoms with Gasteiger partial charge in [0.25, 0.3) is 0 Å². The molecular formula is C19H18N4O4S. The Morgan fingerprint density at radius 3 is 2.11 bits per heavy atom. The van der Waals surface area contributed by atoms with Gasteiger partial charge in [0.05, 0.1) is 34.0 Å². The van der Waals surface area contributed by atoms with Crippen molar-refractivity contribution in [1.29, 1.82) is 0 Å². The molecule has 8 nitrogen and oxygen atoms in total. The lowest BCUT2D eigenvalue weighted by atomic mass is 10.2. The summed E-state index contributed by atoms with van der Waals surface area (Å²) in [6, 6.07) is 11.2. The Labute approximate surface area is 165 Å². The fourth-order valence-electron chi connectivity index (χ4n) is 2.84. The minimum Gasteiger partial charge on any atom is -0.497 e. The molecule has 144 valence electrons. The summed E-state index contributed by atoms with van der Waals surface area (Å²) in [5, 5.41) is 14.0. The van der Waals surface area contributed by atoms with Gasteiger partial charge in [0.1, 0.15) is 11.5 Å². The van der Waals surface area contributed by atoms with E-state index in [1.54, 1.807) is 39.0 Å². The maximum absolute atomic E-state index is 5.53. The fraction of sp³-hybridized carbons (Fsp3) is 0.211. The summed E-state index contributed by atoms with van der Waals surface area (Å²) in [4.78, 5) is 0.678. The van der Waals surface area contributed by atoms with Gasteiger partial charge in [-0.15, -0.1) is 10.2 Å². The highest BCUT2D eigenvalue weighted by atomic mass is 32.1. The fourth-order valence-corrected chi connectivity index (χ4v) is 3.70. The van der Waals surface area contributed by atoms with Gasteiger partial charge in [-0.3, -0.25) is 0 Å². The van der Waals surface area contributed by atoms with Crippen LogP contribution in [0.2, 0.25) is 0 Å². The van der Waals surface area contributed by atoms with Crippen LogP contribution >= 0.6 is 11.3 Å². The van der Waals surface area contributed by atoms with E-state index in [0.29, 0.717) is 28.0 Å². The average molecular weight is 398 g/mol. The van der Waals surface area contributed by atoms with Crippen molar-refractivity contribution in [2.45, 2.75) is 0 Å². The van der Waals surface area contributed by atoms with Crippen molar-refractivity contribution >= 4 is 16.3 Å². The summed E-state index contributed by atoms with van der Waals surface area (Å²) < 4.78 is 23.2. The Hall–Kier alpha value is -3.33. The third-order valence-electron chi connectivity index (χ3n) is 4.28. The van der Waals surface area contributed by atoms with Gasteiger partial charge in [-0.05, 0) is 30.3 Å². The monoisotopic (exact) mass is 398 g/mol. The summed E-state index contributed by atoms with van der Waals surface area (Å²) >= 11 is 1.41. The molecule has 0 aliphatic carbocycles. The van der Waals surface area contributed by atoms with Crippen LogP contribution in [0.4, 0.5) is 0 Å². The molecule has 0 amide bonds. The van der Waals surface area contributed by atoms with Crippen molar-refractivity contribution in [1.82, 2.24) is 19.8 Å². The van der Waals surface area contributed by atoms with Crippen LogP contribution in [0, 0.1) is 0 Å². The predicted octanol–water partition coefficient (Wildman–Crippen LogP) is 3.55. The van der Waals surface area contributed by atoms with Crippen molar-refractivity contribution in [2.24, 2.45) is 0 Å². The number of rotatable bonds is 6. The van der Waals surface area contributed by atoms with Crippen molar-refractivity contribution in [3.63, 3.8) is 0 Å². The highest BCUT2D eigenvalue weighted by Crippen LogP contribution is 2.41. The molecule has 0 aliphatic heterocycles. The number of methoxy groups -OCH3 is 4. The van der Waals surface area contributed by atoms with Crippen molar-refractivity contribution in [3.05, 3.63) is 36.4 Å².